The smallest absolute Gasteiger partial charge is 0.166 e. The molecule has 0 fully saturated rings. The maximum absolute atomic E-state index is 15.0. The van der Waals surface area contributed by atoms with Gasteiger partial charge >= 0.3 is 0 Å². The van der Waals surface area contributed by atoms with E-state index in [1.165, 1.54) is 12.8 Å². The molecule has 1 unspecified atom stereocenters. The van der Waals surface area contributed by atoms with E-state index < -0.39 is 11.6 Å². The highest BCUT2D eigenvalue weighted by Gasteiger charge is 2.20. The summed E-state index contributed by atoms with van der Waals surface area (Å²) in [6.07, 6.45) is 12.3. The van der Waals surface area contributed by atoms with Crippen LogP contribution in [0.25, 0.3) is 16.7 Å². The lowest BCUT2D eigenvalue weighted by atomic mass is 9.84. The number of unbranched alkanes of at least 4 members (excludes halogenated alkanes) is 2. The average molecular weight is 505 g/mol. The van der Waals surface area contributed by atoms with Crippen LogP contribution in [0, 0.1) is 23.4 Å². The standard InChI is InChI=1S/C34H39F3/c1-3-5-6-8-28-19-20-30(23-32(28)35)26-14-9-25(10-15-26)13-18-29-21-22-31(34(37)33(29)36)27-16-11-24(7-4-2)12-17-27/h9-10,14-16,19-24H,3-8,11-13,17-18H2,1-2H3. The molecule has 0 amide bonds. The van der Waals surface area contributed by atoms with Gasteiger partial charge in [0, 0.05) is 5.56 Å². The van der Waals surface area contributed by atoms with E-state index in [0.29, 0.717) is 29.9 Å². The predicted molar refractivity (Wildman–Crippen MR) is 149 cm³/mol. The monoisotopic (exact) mass is 504 g/mol. The molecule has 0 radical (unpaired) electrons. The van der Waals surface area contributed by atoms with Crippen LogP contribution in [0.1, 0.15) is 87.5 Å². The highest BCUT2D eigenvalue weighted by molar-refractivity contribution is 5.67. The van der Waals surface area contributed by atoms with E-state index in [1.807, 2.05) is 36.4 Å². The van der Waals surface area contributed by atoms with Crippen molar-refractivity contribution in [3.05, 3.63) is 100 Å². The first-order chi connectivity index (χ1) is 18.0. The van der Waals surface area contributed by atoms with Crippen LogP contribution >= 0.6 is 0 Å². The third-order valence-electron chi connectivity index (χ3n) is 7.80. The van der Waals surface area contributed by atoms with Gasteiger partial charge in [0.05, 0.1) is 0 Å². The van der Waals surface area contributed by atoms with Crippen molar-refractivity contribution >= 4 is 5.57 Å². The van der Waals surface area contributed by atoms with Crippen molar-refractivity contribution in [1.82, 2.24) is 0 Å². The molecule has 37 heavy (non-hydrogen) atoms. The molecule has 0 aromatic heterocycles. The van der Waals surface area contributed by atoms with Crippen molar-refractivity contribution in [2.24, 2.45) is 5.92 Å². The molecule has 0 N–H and O–H groups in total. The SMILES string of the molecule is CCCCCc1ccc(-c2ccc(CCc3ccc(C4=CCC(CCC)CC4)c(F)c3F)cc2)cc1F. The second-order valence-electron chi connectivity index (χ2n) is 10.5. The summed E-state index contributed by atoms with van der Waals surface area (Å²) in [4.78, 5) is 0. The molecule has 0 heterocycles. The van der Waals surface area contributed by atoms with Gasteiger partial charge in [-0.1, -0.05) is 94.1 Å². The number of hydrogen-bond donors (Lipinski definition) is 0. The Kier molecular flexibility index (Phi) is 9.66. The molecule has 3 aromatic carbocycles. The highest BCUT2D eigenvalue weighted by atomic mass is 19.2. The summed E-state index contributed by atoms with van der Waals surface area (Å²) in [7, 11) is 0. The molecule has 0 spiro atoms. The molecule has 3 aromatic rings. The van der Waals surface area contributed by atoms with Crippen LogP contribution in [0.4, 0.5) is 13.2 Å². The zero-order chi connectivity index (χ0) is 26.2. The molecule has 1 aliphatic rings. The van der Waals surface area contributed by atoms with E-state index in [-0.39, 0.29) is 5.82 Å². The molecule has 1 atom stereocenters. The lowest BCUT2D eigenvalue weighted by Gasteiger charge is -2.22. The van der Waals surface area contributed by atoms with Gasteiger partial charge in [-0.05, 0) is 90.3 Å². The number of rotatable bonds is 11. The van der Waals surface area contributed by atoms with Gasteiger partial charge in [0.15, 0.2) is 11.6 Å². The summed E-state index contributed by atoms with van der Waals surface area (Å²) in [5.74, 6) is -0.918. The Hall–Kier alpha value is -2.81. The average Bonchev–Trinajstić information content (AvgIpc) is 2.92. The lowest BCUT2D eigenvalue weighted by Crippen LogP contribution is -2.07. The molecular formula is C34H39F3. The van der Waals surface area contributed by atoms with Crippen LogP contribution < -0.4 is 0 Å². The summed E-state index contributed by atoms with van der Waals surface area (Å²) in [6.45, 7) is 4.34. The Morgan fingerprint density at radius 3 is 2.16 bits per heavy atom. The molecular weight excluding hydrogens is 465 g/mol. The summed E-state index contributed by atoms with van der Waals surface area (Å²) in [5, 5.41) is 0. The van der Waals surface area contributed by atoms with Crippen LogP contribution in [0.3, 0.4) is 0 Å². The quantitative estimate of drug-likeness (QED) is 0.228. The number of aryl methyl sites for hydroxylation is 3. The normalized spacial score (nSPS) is 15.6. The van der Waals surface area contributed by atoms with Gasteiger partial charge in [-0.3, -0.25) is 0 Å². The Bertz CT molecular complexity index is 1210. The maximum Gasteiger partial charge on any atom is 0.166 e. The van der Waals surface area contributed by atoms with E-state index in [0.717, 1.165) is 72.8 Å². The first-order valence-electron chi connectivity index (χ1n) is 14.0. The Labute approximate surface area is 220 Å². The van der Waals surface area contributed by atoms with E-state index >= 15 is 0 Å². The topological polar surface area (TPSA) is 0 Å². The third kappa shape index (κ3) is 6.94. The van der Waals surface area contributed by atoms with Crippen molar-refractivity contribution < 1.29 is 13.2 Å². The van der Waals surface area contributed by atoms with Crippen LogP contribution in [-0.4, -0.2) is 0 Å². The van der Waals surface area contributed by atoms with Crippen LogP contribution in [-0.2, 0) is 19.3 Å². The zero-order valence-corrected chi connectivity index (χ0v) is 22.3. The summed E-state index contributed by atoms with van der Waals surface area (Å²) in [5.41, 5.74) is 5.39. The molecule has 0 saturated heterocycles. The Morgan fingerprint density at radius 2 is 1.49 bits per heavy atom. The fourth-order valence-corrected chi connectivity index (χ4v) is 5.47. The third-order valence-corrected chi connectivity index (χ3v) is 7.80. The molecule has 3 heteroatoms. The minimum Gasteiger partial charge on any atom is -0.207 e. The van der Waals surface area contributed by atoms with Crippen molar-refractivity contribution in [3.8, 4) is 11.1 Å². The van der Waals surface area contributed by atoms with Gasteiger partial charge in [-0.25, -0.2) is 13.2 Å². The van der Waals surface area contributed by atoms with Gasteiger partial charge in [0.2, 0.25) is 0 Å². The predicted octanol–water partition coefficient (Wildman–Crippen LogP) is 10.3. The highest BCUT2D eigenvalue weighted by Crippen LogP contribution is 2.34. The van der Waals surface area contributed by atoms with E-state index in [2.05, 4.69) is 19.9 Å². The number of halogens is 3. The minimum absolute atomic E-state index is 0.150. The van der Waals surface area contributed by atoms with Crippen LogP contribution in [0.2, 0.25) is 0 Å². The van der Waals surface area contributed by atoms with Gasteiger partial charge in [-0.15, -0.1) is 0 Å². The first kappa shape index (κ1) is 27.2. The maximum atomic E-state index is 15.0. The summed E-state index contributed by atoms with van der Waals surface area (Å²) in [6, 6.07) is 16.9. The molecule has 0 nitrogen and oxygen atoms in total. The molecule has 0 bridgehead atoms. The molecule has 0 saturated carbocycles. The van der Waals surface area contributed by atoms with Crippen molar-refractivity contribution in [3.63, 3.8) is 0 Å². The van der Waals surface area contributed by atoms with Gasteiger partial charge in [-0.2, -0.15) is 0 Å². The van der Waals surface area contributed by atoms with Crippen molar-refractivity contribution in [2.45, 2.75) is 84.5 Å². The fraction of sp³-hybridized carbons (Fsp3) is 0.412. The number of allylic oxidation sites excluding steroid dienone is 2. The second-order valence-corrected chi connectivity index (χ2v) is 10.5. The molecule has 4 rings (SSSR count). The summed E-state index contributed by atoms with van der Waals surface area (Å²) < 4.78 is 44.4. The second kappa shape index (κ2) is 13.1. The van der Waals surface area contributed by atoms with E-state index in [9.17, 15) is 13.2 Å². The molecule has 0 aliphatic heterocycles. The van der Waals surface area contributed by atoms with E-state index in [4.69, 9.17) is 0 Å². The lowest BCUT2D eigenvalue weighted by molar-refractivity contribution is 0.443. The minimum atomic E-state index is -0.722. The fourth-order valence-electron chi connectivity index (χ4n) is 5.47. The molecule has 1 aliphatic carbocycles. The van der Waals surface area contributed by atoms with Gasteiger partial charge in [0.1, 0.15) is 5.82 Å². The Morgan fingerprint density at radius 1 is 0.730 bits per heavy atom. The van der Waals surface area contributed by atoms with Crippen LogP contribution in [0.15, 0.2) is 60.7 Å². The van der Waals surface area contributed by atoms with Crippen molar-refractivity contribution in [2.75, 3.05) is 0 Å². The molecule has 196 valence electrons. The summed E-state index contributed by atoms with van der Waals surface area (Å²) >= 11 is 0. The number of hydrogen-bond acceptors (Lipinski definition) is 0. The van der Waals surface area contributed by atoms with Crippen LogP contribution in [0.5, 0.6) is 0 Å². The van der Waals surface area contributed by atoms with Gasteiger partial charge < -0.3 is 0 Å². The zero-order valence-electron chi connectivity index (χ0n) is 22.3. The number of benzene rings is 3. The first-order valence-corrected chi connectivity index (χ1v) is 14.0. The van der Waals surface area contributed by atoms with E-state index in [1.54, 1.807) is 18.2 Å². The van der Waals surface area contributed by atoms with Crippen molar-refractivity contribution in [1.29, 1.82) is 0 Å². The van der Waals surface area contributed by atoms with Gasteiger partial charge in [0.25, 0.3) is 0 Å². The largest absolute Gasteiger partial charge is 0.207 e. The Balaban J connectivity index is 1.38.